The lowest BCUT2D eigenvalue weighted by molar-refractivity contribution is 0.126. The monoisotopic (exact) mass is 274 g/mol. The number of aliphatic hydroxyl groups is 1. The van der Waals surface area contributed by atoms with E-state index in [9.17, 15) is 5.11 Å². The second-order valence-electron chi connectivity index (χ2n) is 5.06. The number of nitrogens with one attached hydrogen (secondary N) is 1. The fourth-order valence-electron chi connectivity index (χ4n) is 2.53. The molecule has 1 heterocycles. The third-order valence-electron chi connectivity index (χ3n) is 3.63. The van der Waals surface area contributed by atoms with E-state index >= 15 is 0 Å². The molecule has 0 spiro atoms. The summed E-state index contributed by atoms with van der Waals surface area (Å²) in [4.78, 5) is 4.31. The van der Waals surface area contributed by atoms with Crippen LogP contribution in [-0.2, 0) is 0 Å². The van der Waals surface area contributed by atoms with E-state index in [2.05, 4.69) is 34.6 Å². The average molecular weight is 274 g/mol. The highest BCUT2D eigenvalue weighted by atomic mass is 32.1. The second kappa shape index (κ2) is 5.72. The minimum Gasteiger partial charge on any atom is -0.393 e. The highest BCUT2D eigenvalue weighted by molar-refractivity contribution is 7.13. The summed E-state index contributed by atoms with van der Waals surface area (Å²) < 4.78 is 0. The molecule has 1 aromatic heterocycles. The zero-order chi connectivity index (χ0) is 13.1. The van der Waals surface area contributed by atoms with Crippen LogP contribution in [0.4, 0.5) is 5.69 Å². The molecule has 0 aliphatic heterocycles. The van der Waals surface area contributed by atoms with Crippen molar-refractivity contribution in [1.29, 1.82) is 0 Å². The Kier molecular flexibility index (Phi) is 3.80. The molecule has 0 atom stereocenters. The van der Waals surface area contributed by atoms with Gasteiger partial charge in [0.05, 0.1) is 6.10 Å². The van der Waals surface area contributed by atoms with Crippen molar-refractivity contribution in [3.05, 3.63) is 35.8 Å². The van der Waals surface area contributed by atoms with Crippen molar-refractivity contribution >= 4 is 17.0 Å². The smallest absolute Gasteiger partial charge is 0.123 e. The molecule has 1 aliphatic rings. The van der Waals surface area contributed by atoms with Gasteiger partial charge in [-0.2, -0.15) is 0 Å². The minimum absolute atomic E-state index is 0.0923. The van der Waals surface area contributed by atoms with Gasteiger partial charge in [-0.3, -0.25) is 0 Å². The molecule has 0 saturated heterocycles. The van der Waals surface area contributed by atoms with Gasteiger partial charge in [-0.25, -0.2) is 4.98 Å². The van der Waals surface area contributed by atoms with Crippen molar-refractivity contribution in [2.75, 3.05) is 5.32 Å². The molecule has 0 bridgehead atoms. The highest BCUT2D eigenvalue weighted by Crippen LogP contribution is 2.25. The summed E-state index contributed by atoms with van der Waals surface area (Å²) in [6, 6.07) is 8.94. The van der Waals surface area contributed by atoms with Crippen molar-refractivity contribution in [2.45, 2.75) is 37.8 Å². The Morgan fingerprint density at radius 3 is 2.47 bits per heavy atom. The van der Waals surface area contributed by atoms with E-state index in [1.807, 2.05) is 11.6 Å². The Bertz CT molecular complexity index is 501. The fraction of sp³-hybridized carbons (Fsp3) is 0.400. The molecule has 1 aromatic carbocycles. The molecular weight excluding hydrogens is 256 g/mol. The molecule has 3 nitrogen and oxygen atoms in total. The van der Waals surface area contributed by atoms with E-state index < -0.39 is 0 Å². The number of hydrogen-bond acceptors (Lipinski definition) is 4. The Morgan fingerprint density at radius 1 is 1.11 bits per heavy atom. The van der Waals surface area contributed by atoms with Crippen LogP contribution >= 0.6 is 11.3 Å². The zero-order valence-corrected chi connectivity index (χ0v) is 11.6. The molecule has 4 heteroatoms. The normalized spacial score (nSPS) is 23.2. The molecule has 0 radical (unpaired) electrons. The molecule has 1 fully saturated rings. The Balaban J connectivity index is 1.63. The largest absolute Gasteiger partial charge is 0.393 e. The highest BCUT2D eigenvalue weighted by Gasteiger charge is 2.18. The quantitative estimate of drug-likeness (QED) is 0.900. The number of aliphatic hydroxyl groups excluding tert-OH is 1. The molecule has 3 rings (SSSR count). The lowest BCUT2D eigenvalue weighted by Gasteiger charge is -2.27. The van der Waals surface area contributed by atoms with Crippen molar-refractivity contribution in [3.8, 4) is 10.6 Å². The van der Waals surface area contributed by atoms with Crippen LogP contribution in [0.2, 0.25) is 0 Å². The molecule has 0 unspecified atom stereocenters. The lowest BCUT2D eigenvalue weighted by atomic mass is 9.93. The van der Waals surface area contributed by atoms with Gasteiger partial charge in [-0.1, -0.05) is 0 Å². The van der Waals surface area contributed by atoms with Gasteiger partial charge in [0.2, 0.25) is 0 Å². The van der Waals surface area contributed by atoms with Crippen LogP contribution in [0.1, 0.15) is 25.7 Å². The number of thiazole rings is 1. The summed E-state index contributed by atoms with van der Waals surface area (Å²) in [5.41, 5.74) is 2.32. The van der Waals surface area contributed by atoms with Crippen LogP contribution in [0.5, 0.6) is 0 Å². The van der Waals surface area contributed by atoms with Crippen LogP contribution in [0.25, 0.3) is 10.6 Å². The number of rotatable bonds is 3. The molecule has 0 amide bonds. The molecule has 2 N–H and O–H groups in total. The van der Waals surface area contributed by atoms with Gasteiger partial charge < -0.3 is 10.4 Å². The van der Waals surface area contributed by atoms with E-state index in [1.165, 1.54) is 5.56 Å². The lowest BCUT2D eigenvalue weighted by Crippen LogP contribution is -2.28. The Hall–Kier alpha value is -1.39. The van der Waals surface area contributed by atoms with Gasteiger partial charge >= 0.3 is 0 Å². The maximum absolute atomic E-state index is 9.50. The number of nitrogens with zero attached hydrogens (tertiary/aromatic N) is 1. The van der Waals surface area contributed by atoms with Crippen LogP contribution in [-0.4, -0.2) is 22.2 Å². The van der Waals surface area contributed by atoms with Crippen LogP contribution < -0.4 is 5.32 Å². The predicted octanol–water partition coefficient (Wildman–Crippen LogP) is 3.53. The first kappa shape index (κ1) is 12.6. The van der Waals surface area contributed by atoms with E-state index in [-0.39, 0.29) is 6.10 Å². The van der Waals surface area contributed by atoms with Gasteiger partial charge in [-0.15, -0.1) is 11.3 Å². The fourth-order valence-corrected chi connectivity index (χ4v) is 3.18. The van der Waals surface area contributed by atoms with Gasteiger partial charge in [0.25, 0.3) is 0 Å². The van der Waals surface area contributed by atoms with Crippen LogP contribution in [0.15, 0.2) is 35.8 Å². The first-order chi connectivity index (χ1) is 9.31. The molecular formula is C15H18N2OS. The summed E-state index contributed by atoms with van der Waals surface area (Å²) in [6.45, 7) is 0. The maximum atomic E-state index is 9.50. The number of anilines is 1. The van der Waals surface area contributed by atoms with Crippen molar-refractivity contribution in [3.63, 3.8) is 0 Å². The zero-order valence-electron chi connectivity index (χ0n) is 10.7. The molecule has 100 valence electrons. The van der Waals surface area contributed by atoms with Crippen molar-refractivity contribution < 1.29 is 5.11 Å². The summed E-state index contributed by atoms with van der Waals surface area (Å²) in [6.07, 6.45) is 5.67. The number of benzene rings is 1. The summed E-state index contributed by atoms with van der Waals surface area (Å²) in [5, 5.41) is 16.1. The van der Waals surface area contributed by atoms with Gasteiger partial charge in [-0.05, 0) is 49.9 Å². The summed E-state index contributed by atoms with van der Waals surface area (Å²) in [7, 11) is 0. The minimum atomic E-state index is -0.0923. The summed E-state index contributed by atoms with van der Waals surface area (Å²) in [5.74, 6) is 0. The number of aromatic nitrogens is 1. The van der Waals surface area contributed by atoms with Gasteiger partial charge in [0.15, 0.2) is 0 Å². The van der Waals surface area contributed by atoms with Crippen LogP contribution in [0.3, 0.4) is 0 Å². The first-order valence-corrected chi connectivity index (χ1v) is 7.64. The third kappa shape index (κ3) is 3.14. The SMILES string of the molecule is OC1CCC(Nc2ccc(-c3nccs3)cc2)CC1. The van der Waals surface area contributed by atoms with Gasteiger partial charge in [0.1, 0.15) is 5.01 Å². The van der Waals surface area contributed by atoms with E-state index in [4.69, 9.17) is 0 Å². The van der Waals surface area contributed by atoms with E-state index in [1.54, 1.807) is 11.3 Å². The second-order valence-corrected chi connectivity index (χ2v) is 5.96. The molecule has 19 heavy (non-hydrogen) atoms. The first-order valence-electron chi connectivity index (χ1n) is 6.76. The van der Waals surface area contributed by atoms with Crippen LogP contribution in [0, 0.1) is 0 Å². The summed E-state index contributed by atoms with van der Waals surface area (Å²) >= 11 is 1.66. The topological polar surface area (TPSA) is 45.1 Å². The average Bonchev–Trinajstić information content (AvgIpc) is 2.96. The predicted molar refractivity (Wildman–Crippen MR) is 79.4 cm³/mol. The van der Waals surface area contributed by atoms with Crippen molar-refractivity contribution in [1.82, 2.24) is 4.98 Å². The molecule has 1 aliphatic carbocycles. The molecule has 1 saturated carbocycles. The third-order valence-corrected chi connectivity index (χ3v) is 4.45. The van der Waals surface area contributed by atoms with E-state index in [0.29, 0.717) is 6.04 Å². The molecule has 2 aromatic rings. The standard InChI is InChI=1S/C15H18N2OS/c18-14-7-5-13(6-8-14)17-12-3-1-11(2-4-12)15-16-9-10-19-15/h1-4,9-10,13-14,17-18H,5-8H2. The maximum Gasteiger partial charge on any atom is 0.123 e. The number of hydrogen-bond donors (Lipinski definition) is 2. The van der Waals surface area contributed by atoms with Crippen molar-refractivity contribution in [2.24, 2.45) is 0 Å². The Morgan fingerprint density at radius 2 is 1.84 bits per heavy atom. The van der Waals surface area contributed by atoms with Gasteiger partial charge in [0, 0.05) is 28.9 Å². The van der Waals surface area contributed by atoms with E-state index in [0.717, 1.165) is 36.4 Å². The Labute approximate surface area is 117 Å².